The van der Waals surface area contributed by atoms with Crippen LogP contribution in [0.4, 0.5) is 0 Å². The first-order chi connectivity index (χ1) is 9.15. The van der Waals surface area contributed by atoms with Crippen LogP contribution in [0.15, 0.2) is 18.2 Å². The molecule has 19 heavy (non-hydrogen) atoms. The largest absolute Gasteiger partial charge is 0.496 e. The van der Waals surface area contributed by atoms with Gasteiger partial charge in [0, 0.05) is 12.1 Å². The predicted molar refractivity (Wildman–Crippen MR) is 67.3 cm³/mol. The summed E-state index contributed by atoms with van der Waals surface area (Å²) in [6.07, 6.45) is 0. The molecule has 0 spiro atoms. The van der Waals surface area contributed by atoms with Crippen LogP contribution in [-0.4, -0.2) is 37.0 Å². The Hall–Kier alpha value is -1.92. The molecule has 1 aliphatic rings. The average molecular weight is 264 g/mol. The van der Waals surface area contributed by atoms with E-state index in [4.69, 9.17) is 15.2 Å². The summed E-state index contributed by atoms with van der Waals surface area (Å²) in [7, 11) is 1.56. The van der Waals surface area contributed by atoms with Gasteiger partial charge >= 0.3 is 0 Å². The lowest BCUT2D eigenvalue weighted by Gasteiger charge is -2.25. The normalized spacial score (nSPS) is 15.8. The minimum Gasteiger partial charge on any atom is -0.496 e. The first-order valence-corrected chi connectivity index (χ1v) is 5.92. The zero-order valence-corrected chi connectivity index (χ0v) is 10.7. The monoisotopic (exact) mass is 264 g/mol. The zero-order valence-electron chi connectivity index (χ0n) is 10.7. The van der Waals surface area contributed by atoms with E-state index in [1.54, 1.807) is 13.2 Å². The zero-order chi connectivity index (χ0) is 13.8. The number of nitrogens with zero attached hydrogens (tertiary/aromatic N) is 1. The summed E-state index contributed by atoms with van der Waals surface area (Å²) in [5, 5.41) is 0. The highest BCUT2D eigenvalue weighted by Gasteiger charge is 2.26. The second kappa shape index (κ2) is 5.81. The van der Waals surface area contributed by atoms with Crippen LogP contribution in [0, 0.1) is 0 Å². The SMILES string of the molecule is COc1cc(CN2C(=O)COCC2=O)ccc1CN. The number of benzene rings is 1. The summed E-state index contributed by atoms with van der Waals surface area (Å²) in [5.41, 5.74) is 7.29. The first kappa shape index (κ1) is 13.5. The third-order valence-electron chi connectivity index (χ3n) is 2.97. The van der Waals surface area contributed by atoms with Gasteiger partial charge in [0.25, 0.3) is 11.8 Å². The van der Waals surface area contributed by atoms with E-state index in [1.165, 1.54) is 4.90 Å². The molecule has 1 aromatic rings. The fourth-order valence-electron chi connectivity index (χ4n) is 1.94. The molecule has 2 amide bonds. The van der Waals surface area contributed by atoms with Crippen LogP contribution in [0.5, 0.6) is 5.75 Å². The fourth-order valence-corrected chi connectivity index (χ4v) is 1.94. The Morgan fingerprint density at radius 1 is 1.32 bits per heavy atom. The molecule has 1 heterocycles. The average Bonchev–Trinajstić information content (AvgIpc) is 2.42. The Bertz CT molecular complexity index is 485. The minimum absolute atomic E-state index is 0.0518. The molecule has 1 fully saturated rings. The molecule has 102 valence electrons. The quantitative estimate of drug-likeness (QED) is 0.776. The van der Waals surface area contributed by atoms with E-state index in [-0.39, 0.29) is 31.6 Å². The number of hydrogen-bond donors (Lipinski definition) is 1. The Morgan fingerprint density at radius 3 is 2.58 bits per heavy atom. The van der Waals surface area contributed by atoms with E-state index in [0.717, 1.165) is 11.1 Å². The van der Waals surface area contributed by atoms with Gasteiger partial charge in [0.1, 0.15) is 19.0 Å². The van der Waals surface area contributed by atoms with Crippen molar-refractivity contribution in [2.45, 2.75) is 13.1 Å². The molecule has 1 saturated heterocycles. The van der Waals surface area contributed by atoms with Crippen LogP contribution in [0.1, 0.15) is 11.1 Å². The summed E-state index contributed by atoms with van der Waals surface area (Å²) in [6, 6.07) is 5.46. The summed E-state index contributed by atoms with van der Waals surface area (Å²) < 4.78 is 10.1. The number of ether oxygens (including phenoxy) is 2. The van der Waals surface area contributed by atoms with Crippen LogP contribution in [0.2, 0.25) is 0 Å². The van der Waals surface area contributed by atoms with E-state index in [0.29, 0.717) is 12.3 Å². The van der Waals surface area contributed by atoms with Gasteiger partial charge in [-0.2, -0.15) is 0 Å². The molecule has 2 N–H and O–H groups in total. The summed E-state index contributed by atoms with van der Waals surface area (Å²) in [6.45, 7) is 0.495. The summed E-state index contributed by atoms with van der Waals surface area (Å²) in [5.74, 6) is 0.0180. The van der Waals surface area contributed by atoms with Gasteiger partial charge in [0.2, 0.25) is 0 Å². The molecule has 0 bridgehead atoms. The number of carbonyl (C=O) groups is 2. The lowest BCUT2D eigenvalue weighted by molar-refractivity contribution is -0.159. The molecule has 6 nitrogen and oxygen atoms in total. The van der Waals surface area contributed by atoms with Crippen LogP contribution in [-0.2, 0) is 27.4 Å². The number of nitrogens with two attached hydrogens (primary N) is 1. The molecular weight excluding hydrogens is 248 g/mol. The van der Waals surface area contributed by atoms with Gasteiger partial charge in [-0.3, -0.25) is 14.5 Å². The van der Waals surface area contributed by atoms with Crippen molar-refractivity contribution in [1.29, 1.82) is 0 Å². The molecule has 0 aliphatic carbocycles. The fraction of sp³-hybridized carbons (Fsp3) is 0.385. The van der Waals surface area contributed by atoms with E-state index >= 15 is 0 Å². The third kappa shape index (κ3) is 2.91. The van der Waals surface area contributed by atoms with Gasteiger partial charge in [0.15, 0.2) is 0 Å². The Morgan fingerprint density at radius 2 is 2.00 bits per heavy atom. The number of imide groups is 1. The number of rotatable bonds is 4. The highest BCUT2D eigenvalue weighted by Crippen LogP contribution is 2.21. The molecule has 1 aliphatic heterocycles. The van der Waals surface area contributed by atoms with Crippen LogP contribution >= 0.6 is 0 Å². The molecule has 2 rings (SSSR count). The van der Waals surface area contributed by atoms with E-state index in [2.05, 4.69) is 0 Å². The maximum Gasteiger partial charge on any atom is 0.255 e. The molecule has 0 radical (unpaired) electrons. The van der Waals surface area contributed by atoms with Gasteiger partial charge in [-0.1, -0.05) is 12.1 Å². The predicted octanol–water partition coefficient (Wildman–Crippen LogP) is 0.0393. The van der Waals surface area contributed by atoms with Crippen molar-refractivity contribution in [2.75, 3.05) is 20.3 Å². The van der Waals surface area contributed by atoms with Crippen molar-refractivity contribution < 1.29 is 19.1 Å². The Labute approximate surface area is 111 Å². The van der Waals surface area contributed by atoms with E-state index in [9.17, 15) is 9.59 Å². The molecular formula is C13H16N2O4. The summed E-state index contributed by atoms with van der Waals surface area (Å²) >= 11 is 0. The van der Waals surface area contributed by atoms with Crippen molar-refractivity contribution in [1.82, 2.24) is 4.90 Å². The van der Waals surface area contributed by atoms with Crippen molar-refractivity contribution >= 4 is 11.8 Å². The molecule has 0 atom stereocenters. The highest BCUT2D eigenvalue weighted by molar-refractivity contribution is 5.98. The van der Waals surface area contributed by atoms with Gasteiger partial charge < -0.3 is 15.2 Å². The van der Waals surface area contributed by atoms with Gasteiger partial charge in [-0.05, 0) is 11.6 Å². The maximum atomic E-state index is 11.6. The Balaban J connectivity index is 2.18. The maximum absolute atomic E-state index is 11.6. The van der Waals surface area contributed by atoms with Crippen LogP contribution in [0.25, 0.3) is 0 Å². The molecule has 1 aromatic carbocycles. The number of hydrogen-bond acceptors (Lipinski definition) is 5. The van der Waals surface area contributed by atoms with Crippen LogP contribution in [0.3, 0.4) is 0 Å². The lowest BCUT2D eigenvalue weighted by atomic mass is 10.1. The van der Waals surface area contributed by atoms with E-state index < -0.39 is 0 Å². The van der Waals surface area contributed by atoms with Crippen molar-refractivity contribution in [2.24, 2.45) is 5.73 Å². The topological polar surface area (TPSA) is 81.9 Å². The number of methoxy groups -OCH3 is 1. The second-order valence-corrected chi connectivity index (χ2v) is 4.22. The smallest absolute Gasteiger partial charge is 0.255 e. The number of amides is 2. The minimum atomic E-state index is -0.321. The van der Waals surface area contributed by atoms with Crippen molar-refractivity contribution in [3.63, 3.8) is 0 Å². The van der Waals surface area contributed by atoms with Gasteiger partial charge in [-0.25, -0.2) is 0 Å². The van der Waals surface area contributed by atoms with Gasteiger partial charge in [-0.15, -0.1) is 0 Å². The Kier molecular flexibility index (Phi) is 4.13. The van der Waals surface area contributed by atoms with Gasteiger partial charge in [0.05, 0.1) is 13.7 Å². The number of morpholine rings is 1. The summed E-state index contributed by atoms with van der Waals surface area (Å²) in [4.78, 5) is 24.4. The first-order valence-electron chi connectivity index (χ1n) is 5.92. The van der Waals surface area contributed by atoms with Crippen LogP contribution < -0.4 is 10.5 Å². The molecule has 0 unspecified atom stereocenters. The molecule has 0 aromatic heterocycles. The third-order valence-corrected chi connectivity index (χ3v) is 2.97. The van der Waals surface area contributed by atoms with Crippen molar-refractivity contribution in [3.05, 3.63) is 29.3 Å². The number of carbonyl (C=O) groups excluding carboxylic acids is 2. The van der Waals surface area contributed by atoms with E-state index in [1.807, 2.05) is 12.1 Å². The van der Waals surface area contributed by atoms with Crippen molar-refractivity contribution in [3.8, 4) is 5.75 Å². The second-order valence-electron chi connectivity index (χ2n) is 4.22. The highest BCUT2D eigenvalue weighted by atomic mass is 16.5. The lowest BCUT2D eigenvalue weighted by Crippen LogP contribution is -2.45. The molecule has 0 saturated carbocycles. The molecule has 6 heteroatoms. The standard InChI is InChI=1S/C13H16N2O4/c1-18-11-4-9(2-3-10(11)5-14)6-15-12(16)7-19-8-13(15)17/h2-4H,5-8,14H2,1H3.